The zero-order valence-corrected chi connectivity index (χ0v) is 12.2. The number of unbranched alkanes of at least 4 members (excludes halogenated alkanes) is 2. The monoisotopic (exact) mass is 305 g/mol. The molecule has 0 bridgehead atoms. The van der Waals surface area contributed by atoms with E-state index in [1.54, 1.807) is 0 Å². The first-order chi connectivity index (χ1) is 10.0. The lowest BCUT2D eigenvalue weighted by Gasteiger charge is -2.10. The van der Waals surface area contributed by atoms with Crippen molar-refractivity contribution < 1.29 is 22.6 Å². The van der Waals surface area contributed by atoms with Crippen LogP contribution in [0.15, 0.2) is 24.3 Å². The molecule has 6 heteroatoms. The number of benzene rings is 1. The molecule has 1 N–H and O–H groups in total. The maximum Gasteiger partial charge on any atom is 0.573 e. The van der Waals surface area contributed by atoms with Crippen LogP contribution in [0.25, 0.3) is 0 Å². The van der Waals surface area contributed by atoms with E-state index in [4.69, 9.17) is 4.74 Å². The zero-order valence-electron chi connectivity index (χ0n) is 12.2. The Hall–Kier alpha value is -1.43. The maximum absolute atomic E-state index is 12.0. The molecule has 0 saturated heterocycles. The number of nitrogens with one attached hydrogen (secondary N) is 1. The summed E-state index contributed by atoms with van der Waals surface area (Å²) in [6.45, 7) is 4.75. The molecule has 1 aromatic rings. The molecule has 0 aliphatic rings. The fourth-order valence-corrected chi connectivity index (χ4v) is 1.76. The van der Waals surface area contributed by atoms with E-state index in [0.29, 0.717) is 12.4 Å². The van der Waals surface area contributed by atoms with Crippen molar-refractivity contribution in [3.05, 3.63) is 24.3 Å². The summed E-state index contributed by atoms with van der Waals surface area (Å²) in [6.07, 6.45) is -0.437. The van der Waals surface area contributed by atoms with Gasteiger partial charge in [0.15, 0.2) is 0 Å². The lowest BCUT2D eigenvalue weighted by atomic mass is 10.2. The van der Waals surface area contributed by atoms with Gasteiger partial charge in [-0.25, -0.2) is 0 Å². The van der Waals surface area contributed by atoms with E-state index in [9.17, 15) is 13.2 Å². The van der Waals surface area contributed by atoms with Gasteiger partial charge in [-0.15, -0.1) is 13.2 Å². The SMILES string of the molecule is CCCNCCCCCOc1ccc(OC(F)(F)F)cc1. The summed E-state index contributed by atoms with van der Waals surface area (Å²) in [5.74, 6) is 0.311. The number of alkyl halides is 3. The molecular weight excluding hydrogens is 283 g/mol. The van der Waals surface area contributed by atoms with Crippen molar-refractivity contribution in [2.75, 3.05) is 19.7 Å². The predicted molar refractivity (Wildman–Crippen MR) is 75.6 cm³/mol. The van der Waals surface area contributed by atoms with Crippen molar-refractivity contribution in [2.45, 2.75) is 39.0 Å². The number of hydrogen-bond donors (Lipinski definition) is 1. The second-order valence-electron chi connectivity index (χ2n) is 4.68. The van der Waals surface area contributed by atoms with Gasteiger partial charge in [0.05, 0.1) is 6.61 Å². The van der Waals surface area contributed by atoms with Gasteiger partial charge in [-0.05, 0) is 63.0 Å². The smallest absolute Gasteiger partial charge is 0.494 e. The molecule has 120 valence electrons. The molecule has 0 aliphatic heterocycles. The molecule has 1 rings (SSSR count). The van der Waals surface area contributed by atoms with Crippen LogP contribution in [0.1, 0.15) is 32.6 Å². The summed E-state index contributed by atoms with van der Waals surface area (Å²) >= 11 is 0. The largest absolute Gasteiger partial charge is 0.573 e. The van der Waals surface area contributed by atoms with Crippen molar-refractivity contribution >= 4 is 0 Å². The molecule has 0 heterocycles. The van der Waals surface area contributed by atoms with Gasteiger partial charge in [0.2, 0.25) is 0 Å². The average Bonchev–Trinajstić information content (AvgIpc) is 2.42. The van der Waals surface area contributed by atoms with Crippen LogP contribution in [-0.4, -0.2) is 26.1 Å². The highest BCUT2D eigenvalue weighted by atomic mass is 19.4. The Bertz CT molecular complexity index is 380. The van der Waals surface area contributed by atoms with Crippen LogP contribution < -0.4 is 14.8 Å². The van der Waals surface area contributed by atoms with Crippen LogP contribution in [0.4, 0.5) is 13.2 Å². The Labute approximate surface area is 123 Å². The molecule has 0 radical (unpaired) electrons. The van der Waals surface area contributed by atoms with Crippen LogP contribution in [0.3, 0.4) is 0 Å². The third-order valence-corrected chi connectivity index (χ3v) is 2.75. The molecule has 0 saturated carbocycles. The number of halogens is 3. The Morgan fingerprint density at radius 2 is 1.62 bits per heavy atom. The zero-order chi connectivity index (χ0) is 15.6. The standard InChI is InChI=1S/C15H22F3NO2/c1-2-10-19-11-4-3-5-12-20-13-6-8-14(9-7-13)21-15(16,17)18/h6-9,19H,2-5,10-12H2,1H3. The van der Waals surface area contributed by atoms with Gasteiger partial charge in [0, 0.05) is 0 Å². The summed E-state index contributed by atoms with van der Waals surface area (Å²) in [7, 11) is 0. The highest BCUT2D eigenvalue weighted by molar-refractivity contribution is 5.31. The van der Waals surface area contributed by atoms with Gasteiger partial charge in [-0.2, -0.15) is 0 Å². The minimum absolute atomic E-state index is 0.239. The van der Waals surface area contributed by atoms with Gasteiger partial charge in [-0.1, -0.05) is 6.92 Å². The summed E-state index contributed by atoms with van der Waals surface area (Å²) in [5.41, 5.74) is 0. The Morgan fingerprint density at radius 1 is 0.952 bits per heavy atom. The van der Waals surface area contributed by atoms with E-state index >= 15 is 0 Å². The van der Waals surface area contributed by atoms with Crippen LogP contribution in [0, 0.1) is 0 Å². The second-order valence-corrected chi connectivity index (χ2v) is 4.68. The first-order valence-electron chi connectivity index (χ1n) is 7.20. The molecule has 21 heavy (non-hydrogen) atoms. The molecule has 0 aliphatic carbocycles. The summed E-state index contributed by atoms with van der Waals surface area (Å²) in [5, 5.41) is 3.32. The molecular formula is C15H22F3NO2. The Kier molecular flexibility index (Phi) is 7.97. The topological polar surface area (TPSA) is 30.5 Å². The van der Waals surface area contributed by atoms with Gasteiger partial charge in [-0.3, -0.25) is 0 Å². The van der Waals surface area contributed by atoms with E-state index in [1.165, 1.54) is 24.3 Å². The summed E-state index contributed by atoms with van der Waals surface area (Å²) < 4.78 is 45.2. The van der Waals surface area contributed by atoms with Gasteiger partial charge in [0.1, 0.15) is 11.5 Å². The van der Waals surface area contributed by atoms with E-state index in [1.807, 2.05) is 0 Å². The Morgan fingerprint density at radius 3 is 2.24 bits per heavy atom. The highest BCUT2D eigenvalue weighted by Crippen LogP contribution is 2.24. The second kappa shape index (κ2) is 9.50. The third-order valence-electron chi connectivity index (χ3n) is 2.75. The number of hydrogen-bond acceptors (Lipinski definition) is 3. The number of ether oxygens (including phenoxy) is 2. The molecule has 3 nitrogen and oxygen atoms in total. The average molecular weight is 305 g/mol. The van der Waals surface area contributed by atoms with Crippen molar-refractivity contribution in [3.63, 3.8) is 0 Å². The summed E-state index contributed by atoms with van der Waals surface area (Å²) in [6, 6.07) is 5.45. The fourth-order valence-electron chi connectivity index (χ4n) is 1.76. The summed E-state index contributed by atoms with van der Waals surface area (Å²) in [4.78, 5) is 0. The van der Waals surface area contributed by atoms with Crippen LogP contribution in [0.2, 0.25) is 0 Å². The molecule has 0 spiro atoms. The first-order valence-corrected chi connectivity index (χ1v) is 7.20. The van der Waals surface area contributed by atoms with Crippen molar-refractivity contribution in [3.8, 4) is 11.5 Å². The van der Waals surface area contributed by atoms with E-state index in [-0.39, 0.29) is 5.75 Å². The predicted octanol–water partition coefficient (Wildman–Crippen LogP) is 4.13. The highest BCUT2D eigenvalue weighted by Gasteiger charge is 2.30. The molecule has 0 aromatic heterocycles. The normalized spacial score (nSPS) is 11.4. The van der Waals surface area contributed by atoms with Crippen LogP contribution in [-0.2, 0) is 0 Å². The van der Waals surface area contributed by atoms with Gasteiger partial charge >= 0.3 is 6.36 Å². The van der Waals surface area contributed by atoms with Crippen molar-refractivity contribution in [1.29, 1.82) is 0 Å². The van der Waals surface area contributed by atoms with Gasteiger partial charge < -0.3 is 14.8 Å². The molecule has 1 aromatic carbocycles. The van der Waals surface area contributed by atoms with Gasteiger partial charge in [0.25, 0.3) is 0 Å². The van der Waals surface area contributed by atoms with E-state index < -0.39 is 6.36 Å². The first kappa shape index (κ1) is 17.6. The minimum Gasteiger partial charge on any atom is -0.494 e. The Balaban J connectivity index is 2.13. The third kappa shape index (κ3) is 9.18. The minimum atomic E-state index is -4.66. The maximum atomic E-state index is 12.0. The fraction of sp³-hybridized carbons (Fsp3) is 0.600. The molecule has 0 amide bonds. The van der Waals surface area contributed by atoms with E-state index in [0.717, 1.165) is 38.8 Å². The van der Waals surface area contributed by atoms with Crippen molar-refractivity contribution in [1.82, 2.24) is 5.32 Å². The lowest BCUT2D eigenvalue weighted by Crippen LogP contribution is -2.17. The van der Waals surface area contributed by atoms with Crippen molar-refractivity contribution in [2.24, 2.45) is 0 Å². The number of rotatable bonds is 10. The molecule has 0 atom stereocenters. The molecule has 0 unspecified atom stereocenters. The van der Waals surface area contributed by atoms with E-state index in [2.05, 4.69) is 17.0 Å². The lowest BCUT2D eigenvalue weighted by molar-refractivity contribution is -0.274. The molecule has 0 fully saturated rings. The quantitative estimate of drug-likeness (QED) is 0.659. The van der Waals surface area contributed by atoms with Crippen LogP contribution in [0.5, 0.6) is 11.5 Å². The van der Waals surface area contributed by atoms with Crippen LogP contribution >= 0.6 is 0 Å².